The Balaban J connectivity index is 1.66. The normalized spacial score (nSPS) is 21.4. The Labute approximate surface area is 194 Å². The number of imide groups is 1. The van der Waals surface area contributed by atoms with Crippen molar-refractivity contribution in [1.82, 2.24) is 14.8 Å². The lowest BCUT2D eigenvalue weighted by Gasteiger charge is -2.32. The smallest absolute Gasteiger partial charge is 0.318 e. The fourth-order valence-corrected chi connectivity index (χ4v) is 5.40. The molecule has 8 nitrogen and oxygen atoms in total. The van der Waals surface area contributed by atoms with Gasteiger partial charge in [-0.05, 0) is 12.1 Å². The van der Waals surface area contributed by atoms with Crippen LogP contribution in [0, 0.1) is 0 Å². The zero-order valence-electron chi connectivity index (χ0n) is 18.5. The molecule has 8 heteroatoms. The Morgan fingerprint density at radius 3 is 2.82 bits per heavy atom. The number of carbonyl (C=O) groups excluding carboxylic acids is 3. The van der Waals surface area contributed by atoms with E-state index in [0.29, 0.717) is 36.2 Å². The molecule has 0 bridgehead atoms. The van der Waals surface area contributed by atoms with E-state index in [4.69, 9.17) is 4.42 Å². The lowest BCUT2D eigenvalue weighted by Crippen LogP contribution is -2.54. The van der Waals surface area contributed by atoms with Crippen LogP contribution in [0.1, 0.15) is 30.0 Å². The van der Waals surface area contributed by atoms with Gasteiger partial charge in [0, 0.05) is 52.7 Å². The number of furan rings is 1. The maximum Gasteiger partial charge on any atom is 0.318 e. The summed E-state index contributed by atoms with van der Waals surface area (Å²) >= 11 is 0. The number of amides is 3. The molecular formula is C26H21N4O4+. The quantitative estimate of drug-likeness (QED) is 0.485. The summed E-state index contributed by atoms with van der Waals surface area (Å²) in [5, 5.41) is 3.16. The molecule has 0 spiro atoms. The van der Waals surface area contributed by atoms with Gasteiger partial charge in [-0.2, -0.15) is 0 Å². The van der Waals surface area contributed by atoms with Gasteiger partial charge >= 0.3 is 5.91 Å². The second kappa shape index (κ2) is 7.43. The fraction of sp³-hybridized carbons (Fsp3) is 0.192. The van der Waals surface area contributed by atoms with Gasteiger partial charge in [0.25, 0.3) is 11.8 Å². The summed E-state index contributed by atoms with van der Waals surface area (Å²) in [4.78, 5) is 48.2. The number of benzene rings is 1. The van der Waals surface area contributed by atoms with Gasteiger partial charge in [-0.25, -0.2) is 9.28 Å². The molecule has 34 heavy (non-hydrogen) atoms. The number of carbonyl (C=O) groups is 3. The molecule has 0 radical (unpaired) electrons. The van der Waals surface area contributed by atoms with Crippen LogP contribution in [0.15, 0.2) is 64.1 Å². The van der Waals surface area contributed by atoms with Crippen molar-refractivity contribution in [3.63, 3.8) is 0 Å². The minimum Gasteiger partial charge on any atom is -0.464 e. The minimum atomic E-state index is -0.518. The highest BCUT2D eigenvalue weighted by Crippen LogP contribution is 2.46. The van der Waals surface area contributed by atoms with Crippen LogP contribution in [0.2, 0.25) is 0 Å². The summed E-state index contributed by atoms with van der Waals surface area (Å²) in [5.41, 5.74) is 4.51. The third-order valence-corrected chi connectivity index (χ3v) is 6.91. The third kappa shape index (κ3) is 2.72. The zero-order chi connectivity index (χ0) is 23.4. The zero-order valence-corrected chi connectivity index (χ0v) is 18.5. The number of aliphatic imine (C=N–C) groups is 1. The highest BCUT2D eigenvalue weighted by atomic mass is 16.3. The van der Waals surface area contributed by atoms with Gasteiger partial charge in [0.2, 0.25) is 0 Å². The number of rotatable bonds is 3. The third-order valence-electron chi connectivity index (χ3n) is 6.91. The van der Waals surface area contributed by atoms with Crippen LogP contribution in [0.3, 0.4) is 0 Å². The van der Waals surface area contributed by atoms with Gasteiger partial charge in [-0.1, -0.05) is 19.1 Å². The number of fused-ring (bicyclic) bond motifs is 1. The van der Waals surface area contributed by atoms with Gasteiger partial charge in [-0.15, -0.1) is 0 Å². The molecule has 1 atom stereocenters. The first kappa shape index (κ1) is 20.4. The van der Waals surface area contributed by atoms with Crippen LogP contribution in [0.25, 0.3) is 22.1 Å². The van der Waals surface area contributed by atoms with E-state index in [1.807, 2.05) is 25.1 Å². The molecule has 168 valence electrons. The summed E-state index contributed by atoms with van der Waals surface area (Å²) in [6.45, 7) is 2.96. The number of hydrogen-bond donors (Lipinski definition) is 1. The molecular weight excluding hydrogens is 432 g/mol. The number of aromatic nitrogens is 1. The number of nitrogens with zero attached hydrogens (tertiary/aromatic N) is 3. The molecule has 3 aliphatic heterocycles. The van der Waals surface area contributed by atoms with E-state index in [2.05, 4.69) is 15.3 Å². The van der Waals surface area contributed by atoms with Crippen LogP contribution in [0.4, 0.5) is 5.69 Å². The van der Waals surface area contributed by atoms with Crippen LogP contribution < -0.4 is 9.80 Å². The molecule has 6 rings (SSSR count). The lowest BCUT2D eigenvalue weighted by molar-refractivity contribution is -0.129. The molecule has 1 unspecified atom stereocenters. The van der Waals surface area contributed by atoms with Crippen molar-refractivity contribution in [2.75, 3.05) is 13.1 Å². The van der Waals surface area contributed by atoms with Gasteiger partial charge in [-0.3, -0.25) is 24.9 Å². The predicted octanol–water partition coefficient (Wildman–Crippen LogP) is 3.16. The first-order chi connectivity index (χ1) is 16.5. The first-order valence-electron chi connectivity index (χ1n) is 11.2. The molecule has 2 aromatic heterocycles. The summed E-state index contributed by atoms with van der Waals surface area (Å²) < 4.78 is 5.80. The average molecular weight is 453 g/mol. The van der Waals surface area contributed by atoms with Crippen LogP contribution in [-0.4, -0.2) is 42.0 Å². The van der Waals surface area contributed by atoms with E-state index >= 15 is 0 Å². The Morgan fingerprint density at radius 2 is 1.97 bits per heavy atom. The van der Waals surface area contributed by atoms with Crippen LogP contribution in [-0.2, 0) is 20.8 Å². The van der Waals surface area contributed by atoms with Gasteiger partial charge in [0.1, 0.15) is 12.1 Å². The van der Waals surface area contributed by atoms with Crippen molar-refractivity contribution in [1.29, 1.82) is 0 Å². The van der Waals surface area contributed by atoms with E-state index in [-0.39, 0.29) is 21.5 Å². The van der Waals surface area contributed by atoms with Gasteiger partial charge in [0.15, 0.2) is 5.69 Å². The number of para-hydroxylation sites is 1. The Morgan fingerprint density at radius 1 is 1.12 bits per heavy atom. The second-order valence-electron chi connectivity index (χ2n) is 8.62. The number of hydrogen-bond acceptors (Lipinski definition) is 6. The second-order valence-corrected chi connectivity index (χ2v) is 8.62. The molecule has 3 amide bonds. The molecule has 3 aliphatic rings. The van der Waals surface area contributed by atoms with Crippen molar-refractivity contribution in [3.8, 4) is 0 Å². The minimum absolute atomic E-state index is 0.101. The number of pyridine rings is 1. The van der Waals surface area contributed by atoms with Crippen molar-refractivity contribution in [2.45, 2.75) is 19.8 Å². The molecule has 0 fully saturated rings. The van der Waals surface area contributed by atoms with Crippen molar-refractivity contribution in [3.05, 3.63) is 71.4 Å². The SMILES string of the molecule is CCC(=O)[N+]12CC=NC=C(C3=C(c4cncc5ccoc45)C(=O)NC3=O)c3cccc(c31)CC2. The van der Waals surface area contributed by atoms with E-state index in [9.17, 15) is 14.4 Å². The molecule has 1 N–H and O–H groups in total. The van der Waals surface area contributed by atoms with Gasteiger partial charge < -0.3 is 4.42 Å². The maximum absolute atomic E-state index is 13.3. The monoisotopic (exact) mass is 453 g/mol. The molecule has 0 saturated carbocycles. The highest BCUT2D eigenvalue weighted by molar-refractivity contribution is 6.41. The van der Waals surface area contributed by atoms with E-state index in [0.717, 1.165) is 28.6 Å². The maximum atomic E-state index is 13.3. The summed E-state index contributed by atoms with van der Waals surface area (Å²) in [6.07, 6.45) is 9.17. The first-order valence-corrected chi connectivity index (χ1v) is 11.2. The molecule has 3 aromatic rings. The standard InChI is InChI=1S/C26H20N4O4/c1-2-20(31)30-9-6-15-4-3-5-17(23(15)30)18(13-27-8-10-30)21-22(26(33)29-25(21)32)19-14-28-12-16-7-11-34-24(16)19/h3-5,7-8,11-14H,2,6,9-10H2,1H3/p+1. The summed E-state index contributed by atoms with van der Waals surface area (Å²) in [7, 11) is 0. The highest BCUT2D eigenvalue weighted by Gasteiger charge is 2.47. The van der Waals surface area contributed by atoms with E-state index in [1.54, 1.807) is 24.7 Å². The Hall–Kier alpha value is -4.17. The van der Waals surface area contributed by atoms with Crippen molar-refractivity contribution < 1.29 is 18.8 Å². The van der Waals surface area contributed by atoms with Gasteiger partial charge in [0.05, 0.1) is 36.6 Å². The predicted molar refractivity (Wildman–Crippen MR) is 128 cm³/mol. The molecule has 0 aliphatic carbocycles. The fourth-order valence-electron chi connectivity index (χ4n) is 5.40. The topological polar surface area (TPSA) is 102 Å². The van der Waals surface area contributed by atoms with Crippen molar-refractivity contribution in [2.24, 2.45) is 4.99 Å². The summed E-state index contributed by atoms with van der Waals surface area (Å²) in [6, 6.07) is 7.61. The number of nitrogens with one attached hydrogen (secondary N) is 1. The Kier molecular flexibility index (Phi) is 4.46. The lowest BCUT2D eigenvalue weighted by atomic mass is 9.90. The van der Waals surface area contributed by atoms with E-state index in [1.165, 1.54) is 12.5 Å². The summed E-state index contributed by atoms with van der Waals surface area (Å²) in [5.74, 6) is -0.929. The van der Waals surface area contributed by atoms with E-state index < -0.39 is 11.8 Å². The molecule has 1 aromatic carbocycles. The Bertz CT molecular complexity index is 1510. The largest absolute Gasteiger partial charge is 0.464 e. The van der Waals surface area contributed by atoms with Crippen molar-refractivity contribution >= 4 is 51.7 Å². The van der Waals surface area contributed by atoms with Crippen LogP contribution >= 0.6 is 0 Å². The molecule has 5 heterocycles. The number of quaternary nitrogens is 1. The average Bonchev–Trinajstić information content (AvgIpc) is 3.53. The molecule has 0 saturated heterocycles. The van der Waals surface area contributed by atoms with Crippen LogP contribution in [0.5, 0.6) is 0 Å².